The number of amides is 2. The lowest BCUT2D eigenvalue weighted by Crippen LogP contribution is -2.50. The lowest BCUT2D eigenvalue weighted by molar-refractivity contribution is 0.226. The van der Waals surface area contributed by atoms with E-state index in [1.54, 1.807) is 22.2 Å². The molecule has 2 amide bonds. The number of carbonyl (C=O) groups is 1. The fourth-order valence-corrected chi connectivity index (χ4v) is 3.58. The van der Waals surface area contributed by atoms with Crippen LogP contribution < -0.4 is 4.90 Å². The van der Waals surface area contributed by atoms with Crippen LogP contribution in [0.15, 0.2) is 29.5 Å². The predicted molar refractivity (Wildman–Crippen MR) is 105 cm³/mol. The number of pyridine rings is 1. The Morgan fingerprint density at radius 1 is 1.26 bits per heavy atom. The van der Waals surface area contributed by atoms with Crippen molar-refractivity contribution in [3.63, 3.8) is 0 Å². The van der Waals surface area contributed by atoms with Gasteiger partial charge in [-0.1, -0.05) is 27.7 Å². The summed E-state index contributed by atoms with van der Waals surface area (Å²) in [5, 5.41) is 0. The normalized spacial score (nSPS) is 19.2. The molecule has 27 heavy (non-hydrogen) atoms. The van der Waals surface area contributed by atoms with Crippen LogP contribution >= 0.6 is 0 Å². The largest absolute Gasteiger partial charge is 0.337 e. The number of nitrogens with one attached hydrogen (secondary N) is 1. The maximum atomic E-state index is 13.1. The summed E-state index contributed by atoms with van der Waals surface area (Å²) >= 11 is 0. The van der Waals surface area contributed by atoms with Crippen LogP contribution in [0.5, 0.6) is 0 Å². The van der Waals surface area contributed by atoms with Gasteiger partial charge in [-0.15, -0.1) is 0 Å². The molecule has 2 aliphatic heterocycles. The zero-order valence-electron chi connectivity index (χ0n) is 16.4. The molecule has 0 saturated heterocycles. The molecule has 0 bridgehead atoms. The van der Waals surface area contributed by atoms with Crippen molar-refractivity contribution in [1.82, 2.24) is 19.9 Å². The molecular formula is C20H26N6O. The van der Waals surface area contributed by atoms with Gasteiger partial charge in [0.2, 0.25) is 0 Å². The molecule has 4 rings (SSSR count). The third-order valence-electron chi connectivity index (χ3n) is 4.96. The molecule has 1 N–H and O–H groups in total. The lowest BCUT2D eigenvalue weighted by Gasteiger charge is -2.32. The summed E-state index contributed by atoms with van der Waals surface area (Å²) in [6.45, 7) is 9.67. The van der Waals surface area contributed by atoms with Gasteiger partial charge in [0, 0.05) is 24.4 Å². The highest BCUT2D eigenvalue weighted by atomic mass is 16.2. The number of carbonyl (C=O) groups excluding carboxylic acids is 1. The van der Waals surface area contributed by atoms with Gasteiger partial charge in [0.1, 0.15) is 11.5 Å². The van der Waals surface area contributed by atoms with Crippen molar-refractivity contribution in [3.05, 3.63) is 41.6 Å². The Labute approximate surface area is 159 Å². The molecule has 0 saturated carbocycles. The summed E-state index contributed by atoms with van der Waals surface area (Å²) < 4.78 is 0. The van der Waals surface area contributed by atoms with Gasteiger partial charge in [-0.05, 0) is 30.5 Å². The molecule has 142 valence electrons. The van der Waals surface area contributed by atoms with E-state index >= 15 is 0 Å². The Kier molecular flexibility index (Phi) is 4.25. The third-order valence-corrected chi connectivity index (χ3v) is 4.96. The predicted octanol–water partition coefficient (Wildman–Crippen LogP) is 3.13. The zero-order chi connectivity index (χ0) is 19.2. The SMILES string of the molecule is CCCN1C(=O)N2CC(Cc3ccncc3)N=C2c2[nH]c(C(C)(C)C)nc21. The lowest BCUT2D eigenvalue weighted by atomic mass is 9.96. The standard InChI is InChI=1S/C20H26N6O/c1-5-10-25-17-15(23-18(24-17)20(2,3)4)16-22-14(12-26(16)19(25)27)11-13-6-8-21-9-7-13/h6-9,14H,5,10-12H2,1-4H3,(H,23,24). The van der Waals surface area contributed by atoms with Crippen LogP contribution in [-0.2, 0) is 11.8 Å². The molecule has 7 nitrogen and oxygen atoms in total. The molecule has 0 aliphatic carbocycles. The molecule has 4 heterocycles. The number of hydrogen-bond acceptors (Lipinski definition) is 4. The van der Waals surface area contributed by atoms with Gasteiger partial charge in [0.25, 0.3) is 0 Å². The van der Waals surface area contributed by atoms with E-state index in [0.29, 0.717) is 18.9 Å². The zero-order valence-corrected chi connectivity index (χ0v) is 16.4. The molecule has 1 atom stereocenters. The number of H-pyrrole nitrogens is 1. The van der Waals surface area contributed by atoms with E-state index in [9.17, 15) is 4.79 Å². The maximum Gasteiger partial charge on any atom is 0.331 e. The van der Waals surface area contributed by atoms with Crippen molar-refractivity contribution >= 4 is 17.7 Å². The average Bonchev–Trinajstić information content (AvgIpc) is 3.23. The summed E-state index contributed by atoms with van der Waals surface area (Å²) in [7, 11) is 0. The Hall–Kier alpha value is -2.70. The van der Waals surface area contributed by atoms with Gasteiger partial charge in [0.15, 0.2) is 11.7 Å². The Balaban J connectivity index is 1.72. The quantitative estimate of drug-likeness (QED) is 0.903. The van der Waals surface area contributed by atoms with Crippen molar-refractivity contribution in [1.29, 1.82) is 0 Å². The van der Waals surface area contributed by atoms with Crippen LogP contribution in [0.4, 0.5) is 10.6 Å². The molecule has 7 heteroatoms. The second kappa shape index (κ2) is 6.48. The van der Waals surface area contributed by atoms with Crippen LogP contribution in [0.3, 0.4) is 0 Å². The van der Waals surface area contributed by atoms with E-state index in [0.717, 1.165) is 30.2 Å². The summed E-state index contributed by atoms with van der Waals surface area (Å²) in [6, 6.07) is 4.03. The Morgan fingerprint density at radius 2 is 2.00 bits per heavy atom. The summed E-state index contributed by atoms with van der Waals surface area (Å²) in [6.07, 6.45) is 5.26. The second-order valence-corrected chi connectivity index (χ2v) is 8.24. The van der Waals surface area contributed by atoms with Crippen LogP contribution in [-0.4, -0.2) is 50.8 Å². The highest BCUT2D eigenvalue weighted by Gasteiger charge is 2.42. The molecular weight excluding hydrogens is 340 g/mol. The third kappa shape index (κ3) is 3.11. The van der Waals surface area contributed by atoms with Gasteiger partial charge in [0.05, 0.1) is 12.6 Å². The number of rotatable bonds is 4. The molecule has 2 aromatic heterocycles. The first kappa shape index (κ1) is 17.7. The number of urea groups is 1. The highest BCUT2D eigenvalue weighted by Crippen LogP contribution is 2.33. The molecule has 2 aromatic rings. The van der Waals surface area contributed by atoms with Crippen LogP contribution in [0.2, 0.25) is 0 Å². The van der Waals surface area contributed by atoms with E-state index < -0.39 is 0 Å². The van der Waals surface area contributed by atoms with E-state index in [-0.39, 0.29) is 17.5 Å². The van der Waals surface area contributed by atoms with Gasteiger partial charge >= 0.3 is 6.03 Å². The van der Waals surface area contributed by atoms with E-state index in [2.05, 4.69) is 37.7 Å². The van der Waals surface area contributed by atoms with Crippen molar-refractivity contribution in [3.8, 4) is 0 Å². The summed E-state index contributed by atoms with van der Waals surface area (Å²) in [5.41, 5.74) is 1.92. The number of nitrogens with zero attached hydrogens (tertiary/aromatic N) is 5. The fraction of sp³-hybridized carbons (Fsp3) is 0.500. The number of fused-ring (bicyclic) bond motifs is 3. The number of amidine groups is 1. The minimum Gasteiger partial charge on any atom is -0.337 e. The van der Waals surface area contributed by atoms with Crippen molar-refractivity contribution < 1.29 is 4.79 Å². The minimum atomic E-state index is -0.126. The Morgan fingerprint density at radius 3 is 2.67 bits per heavy atom. The van der Waals surface area contributed by atoms with Crippen LogP contribution in [0.25, 0.3) is 0 Å². The van der Waals surface area contributed by atoms with E-state index in [1.165, 1.54) is 5.56 Å². The smallest absolute Gasteiger partial charge is 0.331 e. The number of aromatic nitrogens is 3. The topological polar surface area (TPSA) is 77.5 Å². The fourth-order valence-electron chi connectivity index (χ4n) is 3.58. The molecule has 2 aliphatic rings. The second-order valence-electron chi connectivity index (χ2n) is 8.24. The molecule has 0 fully saturated rings. The van der Waals surface area contributed by atoms with Crippen molar-refractivity contribution in [2.45, 2.75) is 52.0 Å². The first-order valence-corrected chi connectivity index (χ1v) is 9.55. The first-order valence-electron chi connectivity index (χ1n) is 9.55. The van der Waals surface area contributed by atoms with Gasteiger partial charge in [-0.2, -0.15) is 0 Å². The number of aromatic amines is 1. The maximum absolute atomic E-state index is 13.1. The van der Waals surface area contributed by atoms with E-state index in [1.807, 2.05) is 12.1 Å². The number of anilines is 1. The number of aliphatic imine (C=N–C) groups is 1. The summed E-state index contributed by atoms with van der Waals surface area (Å²) in [4.78, 5) is 33.9. The highest BCUT2D eigenvalue weighted by molar-refractivity contribution is 6.18. The van der Waals surface area contributed by atoms with Crippen LogP contribution in [0, 0.1) is 0 Å². The van der Waals surface area contributed by atoms with Gasteiger partial charge in [-0.25, -0.2) is 9.78 Å². The van der Waals surface area contributed by atoms with Crippen molar-refractivity contribution in [2.75, 3.05) is 18.0 Å². The Bertz CT molecular complexity index is 880. The number of imidazole rings is 1. The van der Waals surface area contributed by atoms with Gasteiger partial charge in [-0.3, -0.25) is 19.8 Å². The van der Waals surface area contributed by atoms with Crippen molar-refractivity contribution in [2.24, 2.45) is 4.99 Å². The van der Waals surface area contributed by atoms with Gasteiger partial charge < -0.3 is 4.98 Å². The average molecular weight is 366 g/mol. The molecule has 0 radical (unpaired) electrons. The number of hydrogen-bond donors (Lipinski definition) is 1. The first-order chi connectivity index (χ1) is 12.9. The summed E-state index contributed by atoms with van der Waals surface area (Å²) in [5.74, 6) is 2.32. The molecule has 0 spiro atoms. The van der Waals surface area contributed by atoms with Crippen LogP contribution in [0.1, 0.15) is 51.2 Å². The van der Waals surface area contributed by atoms with E-state index in [4.69, 9.17) is 9.98 Å². The molecule has 1 unspecified atom stereocenters. The monoisotopic (exact) mass is 366 g/mol. The molecule has 0 aromatic carbocycles. The minimum absolute atomic E-state index is 0.0210.